The van der Waals surface area contributed by atoms with Gasteiger partial charge >= 0.3 is 11.7 Å². The van der Waals surface area contributed by atoms with E-state index in [9.17, 15) is 14.9 Å². The highest BCUT2D eigenvalue weighted by Crippen LogP contribution is 2.40. The number of furan rings is 1. The van der Waals surface area contributed by atoms with Gasteiger partial charge in [-0.15, -0.1) is 0 Å². The zero-order chi connectivity index (χ0) is 14.7. The third-order valence-electron chi connectivity index (χ3n) is 2.37. The SMILES string of the molecule is COc1cccc(Sc2ccc(C(=O)O)o2)c1[N+](=O)[O-]. The quantitative estimate of drug-likeness (QED) is 0.667. The van der Waals surface area contributed by atoms with Crippen molar-refractivity contribution in [3.05, 3.63) is 46.2 Å². The Bertz CT molecular complexity index is 666. The molecular formula is C12H9NO6S. The van der Waals surface area contributed by atoms with Gasteiger partial charge in [0.2, 0.25) is 5.76 Å². The maximum atomic E-state index is 11.1. The second-order valence-electron chi connectivity index (χ2n) is 3.59. The summed E-state index contributed by atoms with van der Waals surface area (Å²) in [6, 6.07) is 7.35. The molecule has 1 heterocycles. The lowest BCUT2D eigenvalue weighted by molar-refractivity contribution is -0.388. The molecule has 1 N–H and O–H groups in total. The Morgan fingerprint density at radius 3 is 2.70 bits per heavy atom. The summed E-state index contributed by atoms with van der Waals surface area (Å²) >= 11 is 0.959. The number of carboxylic acid groups (broad SMARTS) is 1. The van der Waals surface area contributed by atoms with Crippen molar-refractivity contribution >= 4 is 23.4 Å². The van der Waals surface area contributed by atoms with Gasteiger partial charge < -0.3 is 14.3 Å². The van der Waals surface area contributed by atoms with Crippen molar-refractivity contribution in [1.29, 1.82) is 0 Å². The second-order valence-corrected chi connectivity index (χ2v) is 4.64. The van der Waals surface area contributed by atoms with Gasteiger partial charge in [0.1, 0.15) is 0 Å². The van der Waals surface area contributed by atoms with Crippen molar-refractivity contribution in [2.45, 2.75) is 9.99 Å². The molecule has 1 aromatic heterocycles. The molecule has 0 saturated carbocycles. The van der Waals surface area contributed by atoms with Crippen LogP contribution in [0.1, 0.15) is 10.6 Å². The molecule has 0 aliphatic carbocycles. The molecule has 0 amide bonds. The van der Waals surface area contributed by atoms with Crippen LogP contribution >= 0.6 is 11.8 Å². The number of benzene rings is 1. The Morgan fingerprint density at radius 1 is 1.40 bits per heavy atom. The maximum Gasteiger partial charge on any atom is 0.371 e. The van der Waals surface area contributed by atoms with Crippen LogP contribution in [0.4, 0.5) is 5.69 Å². The van der Waals surface area contributed by atoms with Gasteiger partial charge in [0.05, 0.1) is 16.9 Å². The molecule has 20 heavy (non-hydrogen) atoms. The molecule has 0 aliphatic heterocycles. The Labute approximate surface area is 117 Å². The van der Waals surface area contributed by atoms with Crippen molar-refractivity contribution in [3.63, 3.8) is 0 Å². The van der Waals surface area contributed by atoms with Gasteiger partial charge in [-0.25, -0.2) is 4.79 Å². The van der Waals surface area contributed by atoms with E-state index in [-0.39, 0.29) is 22.3 Å². The molecule has 2 rings (SSSR count). The molecule has 0 unspecified atom stereocenters. The lowest BCUT2D eigenvalue weighted by Gasteiger charge is -2.05. The van der Waals surface area contributed by atoms with Crippen molar-refractivity contribution in [2.75, 3.05) is 7.11 Å². The molecule has 0 saturated heterocycles. The Morgan fingerprint density at radius 2 is 2.15 bits per heavy atom. The first-order valence-electron chi connectivity index (χ1n) is 5.35. The summed E-state index contributed by atoms with van der Waals surface area (Å²) in [6.07, 6.45) is 0. The summed E-state index contributed by atoms with van der Waals surface area (Å²) in [7, 11) is 1.34. The number of aromatic carboxylic acids is 1. The van der Waals surface area contributed by atoms with E-state index in [2.05, 4.69) is 0 Å². The number of rotatable bonds is 5. The summed E-state index contributed by atoms with van der Waals surface area (Å²) in [6.45, 7) is 0. The normalized spacial score (nSPS) is 10.2. The summed E-state index contributed by atoms with van der Waals surface area (Å²) in [5, 5.41) is 20.1. The van der Waals surface area contributed by atoms with Crippen LogP contribution in [0.25, 0.3) is 0 Å². The minimum Gasteiger partial charge on any atom is -0.490 e. The first kappa shape index (κ1) is 13.9. The third-order valence-corrected chi connectivity index (χ3v) is 3.34. The standard InChI is InChI=1S/C12H9NO6S/c1-18-7-3-2-4-9(11(7)13(16)17)20-10-6-5-8(19-10)12(14)15/h2-6H,1H3,(H,14,15). The fourth-order valence-electron chi connectivity index (χ4n) is 1.53. The predicted octanol–water partition coefficient (Wildman–Crippen LogP) is 3.05. The highest BCUT2D eigenvalue weighted by Gasteiger charge is 2.22. The molecule has 0 aliphatic rings. The van der Waals surface area contributed by atoms with Crippen molar-refractivity contribution in [2.24, 2.45) is 0 Å². The zero-order valence-electron chi connectivity index (χ0n) is 10.2. The van der Waals surface area contributed by atoms with E-state index < -0.39 is 10.9 Å². The fourth-order valence-corrected chi connectivity index (χ4v) is 2.43. The van der Waals surface area contributed by atoms with Gasteiger partial charge in [0, 0.05) is 0 Å². The van der Waals surface area contributed by atoms with E-state index in [1.807, 2.05) is 0 Å². The van der Waals surface area contributed by atoms with Crippen LogP contribution in [-0.2, 0) is 0 Å². The maximum absolute atomic E-state index is 11.1. The van der Waals surface area contributed by atoms with E-state index in [0.29, 0.717) is 4.90 Å². The molecular weight excluding hydrogens is 286 g/mol. The minimum atomic E-state index is -1.20. The average molecular weight is 295 g/mol. The summed E-state index contributed by atoms with van der Waals surface area (Å²) in [5.41, 5.74) is -0.187. The number of para-hydroxylation sites is 1. The number of hydrogen-bond acceptors (Lipinski definition) is 6. The lowest BCUT2D eigenvalue weighted by atomic mass is 10.3. The van der Waals surface area contributed by atoms with Gasteiger partial charge in [-0.2, -0.15) is 0 Å². The van der Waals surface area contributed by atoms with Crippen molar-refractivity contribution in [3.8, 4) is 5.75 Å². The molecule has 2 aromatic rings. The Balaban J connectivity index is 2.37. The largest absolute Gasteiger partial charge is 0.490 e. The molecule has 104 valence electrons. The molecule has 0 radical (unpaired) electrons. The molecule has 0 atom stereocenters. The van der Waals surface area contributed by atoms with Crippen molar-refractivity contribution in [1.82, 2.24) is 0 Å². The molecule has 0 spiro atoms. The zero-order valence-corrected chi connectivity index (χ0v) is 11.0. The number of nitrogens with zero attached hydrogens (tertiary/aromatic N) is 1. The number of ether oxygens (including phenoxy) is 1. The van der Waals surface area contributed by atoms with Crippen LogP contribution < -0.4 is 4.74 Å². The van der Waals surface area contributed by atoms with E-state index >= 15 is 0 Å². The number of nitro groups is 1. The molecule has 0 bridgehead atoms. The highest BCUT2D eigenvalue weighted by atomic mass is 32.2. The van der Waals surface area contributed by atoms with Crippen LogP contribution in [0, 0.1) is 10.1 Å². The monoisotopic (exact) mass is 295 g/mol. The van der Waals surface area contributed by atoms with Crippen LogP contribution in [0.15, 0.2) is 44.7 Å². The van der Waals surface area contributed by atoms with Crippen LogP contribution in [0.5, 0.6) is 5.75 Å². The van der Waals surface area contributed by atoms with Gasteiger partial charge in [0.25, 0.3) is 0 Å². The van der Waals surface area contributed by atoms with Crippen molar-refractivity contribution < 1.29 is 24.0 Å². The van der Waals surface area contributed by atoms with Gasteiger partial charge in [-0.1, -0.05) is 6.07 Å². The molecule has 1 aromatic carbocycles. The third kappa shape index (κ3) is 2.75. The van der Waals surface area contributed by atoms with Crippen LogP contribution in [0.3, 0.4) is 0 Å². The number of hydrogen-bond donors (Lipinski definition) is 1. The lowest BCUT2D eigenvalue weighted by Crippen LogP contribution is -1.95. The van der Waals surface area contributed by atoms with E-state index in [0.717, 1.165) is 11.8 Å². The predicted molar refractivity (Wildman–Crippen MR) is 69.4 cm³/mol. The Kier molecular flexibility index (Phi) is 3.94. The fraction of sp³-hybridized carbons (Fsp3) is 0.0833. The van der Waals surface area contributed by atoms with E-state index in [4.69, 9.17) is 14.3 Å². The average Bonchev–Trinajstić information content (AvgIpc) is 2.86. The number of carbonyl (C=O) groups is 1. The second kappa shape index (κ2) is 5.66. The summed E-state index contributed by atoms with van der Waals surface area (Å²) < 4.78 is 10.0. The van der Waals surface area contributed by atoms with Crippen LogP contribution in [-0.4, -0.2) is 23.1 Å². The smallest absolute Gasteiger partial charge is 0.371 e. The Hall–Kier alpha value is -2.48. The van der Waals surface area contributed by atoms with E-state index in [1.54, 1.807) is 6.07 Å². The first-order chi connectivity index (χ1) is 9.52. The van der Waals surface area contributed by atoms with Gasteiger partial charge in [-0.05, 0) is 36.0 Å². The van der Waals surface area contributed by atoms with Gasteiger partial charge in [-0.3, -0.25) is 10.1 Å². The minimum absolute atomic E-state index is 0.130. The first-order valence-corrected chi connectivity index (χ1v) is 6.17. The number of carboxylic acids is 1. The molecule has 0 fully saturated rings. The van der Waals surface area contributed by atoms with E-state index in [1.165, 1.54) is 31.4 Å². The van der Waals surface area contributed by atoms with Gasteiger partial charge in [0.15, 0.2) is 10.8 Å². The number of nitro benzene ring substituents is 1. The summed E-state index contributed by atoms with van der Waals surface area (Å²) in [4.78, 5) is 21.6. The highest BCUT2D eigenvalue weighted by molar-refractivity contribution is 7.99. The molecule has 7 nitrogen and oxygen atoms in total. The van der Waals surface area contributed by atoms with Crippen LogP contribution in [0.2, 0.25) is 0 Å². The summed E-state index contributed by atoms with van der Waals surface area (Å²) in [5.74, 6) is -1.29. The topological polar surface area (TPSA) is 103 Å². The number of methoxy groups -OCH3 is 1. The molecule has 8 heteroatoms.